The summed E-state index contributed by atoms with van der Waals surface area (Å²) in [5.74, 6) is -3.58. The van der Waals surface area contributed by atoms with Gasteiger partial charge in [-0.05, 0) is 49.1 Å². The van der Waals surface area contributed by atoms with Gasteiger partial charge < -0.3 is 41.5 Å². The van der Waals surface area contributed by atoms with Gasteiger partial charge in [0.05, 0.1) is 7.11 Å². The van der Waals surface area contributed by atoms with E-state index in [0.29, 0.717) is 28.9 Å². The summed E-state index contributed by atoms with van der Waals surface area (Å²) in [6, 6.07) is 8.51. The van der Waals surface area contributed by atoms with Crippen molar-refractivity contribution in [1.29, 1.82) is 0 Å². The second-order valence-corrected chi connectivity index (χ2v) is 12.8. The molecule has 0 heterocycles. The van der Waals surface area contributed by atoms with Crippen LogP contribution < -0.4 is 21.1 Å². The predicted octanol–water partition coefficient (Wildman–Crippen LogP) is 4.35. The van der Waals surface area contributed by atoms with E-state index in [4.69, 9.17) is 20.7 Å². The molecule has 12 nitrogen and oxygen atoms in total. The molecule has 3 unspecified atom stereocenters. The van der Waals surface area contributed by atoms with E-state index in [1.807, 2.05) is 13.8 Å². The molecule has 47 heavy (non-hydrogen) atoms. The lowest BCUT2D eigenvalue weighted by Crippen LogP contribution is -2.59. The third-order valence-corrected chi connectivity index (χ3v) is 9.06. The van der Waals surface area contributed by atoms with Crippen LogP contribution in [0.1, 0.15) is 69.4 Å². The van der Waals surface area contributed by atoms with E-state index in [1.165, 1.54) is 44.0 Å². The van der Waals surface area contributed by atoms with Gasteiger partial charge in [0, 0.05) is 40.0 Å². The third kappa shape index (κ3) is 11.4. The molecule has 0 aliphatic rings. The zero-order valence-corrected chi connectivity index (χ0v) is 27.3. The van der Waals surface area contributed by atoms with Crippen molar-refractivity contribution in [2.24, 2.45) is 5.73 Å². The van der Waals surface area contributed by atoms with E-state index < -0.39 is 52.5 Å². The van der Waals surface area contributed by atoms with Crippen LogP contribution in [0.4, 0.5) is 0 Å². The molecule has 0 fully saturated rings. The molecule has 0 saturated heterocycles. The van der Waals surface area contributed by atoms with Crippen molar-refractivity contribution >= 4 is 41.1 Å². The number of benzene rings is 2. The molecule has 0 aromatic heterocycles. The molecular formula is C34H47N3O9S. The summed E-state index contributed by atoms with van der Waals surface area (Å²) in [6.07, 6.45) is 1.54. The Balaban J connectivity index is 0.0000110. The van der Waals surface area contributed by atoms with Crippen LogP contribution in [0.5, 0.6) is 17.2 Å². The highest BCUT2D eigenvalue weighted by molar-refractivity contribution is 7.99. The zero-order chi connectivity index (χ0) is 34.8. The highest BCUT2D eigenvalue weighted by Crippen LogP contribution is 2.46. The number of rotatable bonds is 18. The van der Waals surface area contributed by atoms with E-state index in [2.05, 4.69) is 23.8 Å². The summed E-state index contributed by atoms with van der Waals surface area (Å²) in [7, 11) is 1.46. The first-order valence-electron chi connectivity index (χ1n) is 14.4. The van der Waals surface area contributed by atoms with Crippen LogP contribution in [0, 0.1) is 0 Å². The largest absolute Gasteiger partial charge is 0.508 e. The second-order valence-electron chi connectivity index (χ2n) is 11.6. The van der Waals surface area contributed by atoms with E-state index in [0.717, 1.165) is 5.56 Å². The van der Waals surface area contributed by atoms with E-state index in [-0.39, 0.29) is 37.5 Å². The molecule has 0 bridgehead atoms. The van der Waals surface area contributed by atoms with Crippen molar-refractivity contribution < 1.29 is 44.3 Å². The summed E-state index contributed by atoms with van der Waals surface area (Å²) in [5.41, 5.74) is 5.92. The van der Waals surface area contributed by atoms with Crippen LogP contribution in [-0.2, 0) is 24.6 Å². The minimum absolute atomic E-state index is 0. The van der Waals surface area contributed by atoms with Gasteiger partial charge in [0.15, 0.2) is 0 Å². The SMILES string of the molecule is C.C=CC(C)(C)c1cc(C(CC(=C)c2ccc(O)cc2)SCC(C)(NC(=O)CCC(N)C(=O)O)C(=O)NCC(=O)O)c(OC)cc1O. The normalized spacial score (nSPS) is 13.6. The molecular weight excluding hydrogens is 626 g/mol. The van der Waals surface area contributed by atoms with Crippen molar-refractivity contribution in [3.63, 3.8) is 0 Å². The standard InChI is InChI=1S/C33H43N3O9S.CH4/c1-7-32(3,4)23-15-22(26(45-6)16-25(23)38)27(14-19(2)20-8-10-21(37)11-9-20)46-18-33(5,31(44)35-17-29(40)41)36-28(39)13-12-24(34)30(42)43;/h7-11,15-16,24,27,37-38H,1-2,12-14,17-18,34H2,3-6H3,(H,35,44)(H,36,39)(H,40,41)(H,42,43);1H4. The molecule has 2 rings (SSSR count). The smallest absolute Gasteiger partial charge is 0.322 e. The fourth-order valence-electron chi connectivity index (χ4n) is 4.49. The number of carboxylic acid groups (broad SMARTS) is 2. The average Bonchev–Trinajstić information content (AvgIpc) is 3.00. The van der Waals surface area contributed by atoms with Crippen LogP contribution >= 0.6 is 11.8 Å². The number of carbonyl (C=O) groups is 4. The van der Waals surface area contributed by atoms with Gasteiger partial charge >= 0.3 is 11.9 Å². The van der Waals surface area contributed by atoms with Crippen molar-refractivity contribution in [2.75, 3.05) is 19.4 Å². The number of methoxy groups -OCH3 is 1. The Morgan fingerprint density at radius 1 is 1.09 bits per heavy atom. The van der Waals surface area contributed by atoms with E-state index in [1.54, 1.807) is 24.3 Å². The molecule has 2 amide bonds. The number of nitrogens with one attached hydrogen (secondary N) is 2. The van der Waals surface area contributed by atoms with E-state index >= 15 is 0 Å². The molecule has 0 aliphatic carbocycles. The Bertz CT molecular complexity index is 1460. The van der Waals surface area contributed by atoms with Crippen LogP contribution in [0.3, 0.4) is 0 Å². The van der Waals surface area contributed by atoms with Gasteiger partial charge in [-0.1, -0.05) is 46.1 Å². The number of amides is 2. The maximum absolute atomic E-state index is 13.3. The van der Waals surface area contributed by atoms with E-state index in [9.17, 15) is 29.4 Å². The van der Waals surface area contributed by atoms with Gasteiger partial charge in [0.2, 0.25) is 11.8 Å². The number of ether oxygens (including phenoxy) is 1. The predicted molar refractivity (Wildman–Crippen MR) is 184 cm³/mol. The number of phenols is 2. The first kappa shape index (κ1) is 40.5. The van der Waals surface area contributed by atoms with Gasteiger partial charge in [0.1, 0.15) is 35.4 Å². The number of allylic oxidation sites excluding steroid dienone is 2. The highest BCUT2D eigenvalue weighted by Gasteiger charge is 2.37. The van der Waals surface area contributed by atoms with Gasteiger partial charge in [-0.3, -0.25) is 19.2 Å². The van der Waals surface area contributed by atoms with Gasteiger partial charge in [0.25, 0.3) is 0 Å². The minimum atomic E-state index is -1.64. The first-order valence-corrected chi connectivity index (χ1v) is 15.4. The maximum atomic E-state index is 13.3. The molecule has 2 aromatic rings. The monoisotopic (exact) mass is 673 g/mol. The lowest BCUT2D eigenvalue weighted by Gasteiger charge is -2.32. The molecule has 0 saturated carbocycles. The number of hydrogen-bond acceptors (Lipinski definition) is 9. The Kier molecular flexibility index (Phi) is 15.0. The lowest BCUT2D eigenvalue weighted by molar-refractivity contribution is -0.139. The molecule has 8 N–H and O–H groups in total. The number of aliphatic carboxylic acids is 2. The van der Waals surface area contributed by atoms with Gasteiger partial charge in [-0.2, -0.15) is 11.8 Å². The Labute approximate surface area is 280 Å². The number of nitrogens with two attached hydrogens (primary N) is 1. The number of carboxylic acids is 2. The number of carbonyl (C=O) groups excluding carboxylic acids is 2. The average molecular weight is 674 g/mol. The summed E-state index contributed by atoms with van der Waals surface area (Å²) in [6.45, 7) is 12.7. The Morgan fingerprint density at radius 3 is 2.23 bits per heavy atom. The molecule has 258 valence electrons. The maximum Gasteiger partial charge on any atom is 0.322 e. The van der Waals surface area contributed by atoms with Crippen molar-refractivity contribution in [3.8, 4) is 17.2 Å². The topological polar surface area (TPSA) is 209 Å². The summed E-state index contributed by atoms with van der Waals surface area (Å²) >= 11 is 1.26. The number of thioether (sulfide) groups is 1. The molecule has 0 spiro atoms. The van der Waals surface area contributed by atoms with Crippen molar-refractivity contribution in [1.82, 2.24) is 10.6 Å². The van der Waals surface area contributed by atoms with Crippen LogP contribution in [-0.4, -0.2) is 75.2 Å². The fraction of sp³-hybridized carbons (Fsp3) is 0.412. The lowest BCUT2D eigenvalue weighted by atomic mass is 9.82. The first-order chi connectivity index (χ1) is 21.4. The molecule has 2 aromatic carbocycles. The molecule has 0 aliphatic heterocycles. The fourth-order valence-corrected chi connectivity index (χ4v) is 5.92. The minimum Gasteiger partial charge on any atom is -0.508 e. The summed E-state index contributed by atoms with van der Waals surface area (Å²) in [4.78, 5) is 48.6. The van der Waals surface area contributed by atoms with Crippen LogP contribution in [0.15, 0.2) is 55.6 Å². The van der Waals surface area contributed by atoms with Crippen molar-refractivity contribution in [2.45, 2.75) is 69.7 Å². The molecule has 3 atom stereocenters. The van der Waals surface area contributed by atoms with Gasteiger partial charge in [-0.15, -0.1) is 6.58 Å². The Hall–Kier alpha value is -4.49. The van der Waals surface area contributed by atoms with Crippen LogP contribution in [0.25, 0.3) is 5.57 Å². The second kappa shape index (κ2) is 17.4. The number of hydrogen-bond donors (Lipinski definition) is 7. The summed E-state index contributed by atoms with van der Waals surface area (Å²) < 4.78 is 5.66. The van der Waals surface area contributed by atoms with Gasteiger partial charge in [-0.25, -0.2) is 0 Å². The quantitative estimate of drug-likeness (QED) is 0.111. The third-order valence-electron chi connectivity index (χ3n) is 7.50. The highest BCUT2D eigenvalue weighted by atomic mass is 32.2. The number of phenolic OH excluding ortho intramolecular Hbond substituents is 2. The number of aromatic hydroxyl groups is 2. The summed E-state index contributed by atoms with van der Waals surface area (Å²) in [5, 5.41) is 43.3. The van der Waals surface area contributed by atoms with Crippen molar-refractivity contribution in [3.05, 3.63) is 72.3 Å². The molecule has 13 heteroatoms. The Morgan fingerprint density at radius 2 is 1.70 bits per heavy atom. The zero-order valence-electron chi connectivity index (χ0n) is 26.5. The molecule has 0 radical (unpaired) electrons. The van der Waals surface area contributed by atoms with Crippen LogP contribution in [0.2, 0.25) is 0 Å².